The highest BCUT2D eigenvalue weighted by atomic mass is 16.6. The fourth-order valence-electron chi connectivity index (χ4n) is 5.47. The van der Waals surface area contributed by atoms with Crippen LogP contribution >= 0.6 is 0 Å². The molecule has 0 aliphatic carbocycles. The number of carbonyl (C=O) groups is 2. The summed E-state index contributed by atoms with van der Waals surface area (Å²) in [6, 6.07) is 10.2. The first-order chi connectivity index (χ1) is 16.9. The number of imide groups is 1. The van der Waals surface area contributed by atoms with E-state index in [1.807, 2.05) is 24.3 Å². The van der Waals surface area contributed by atoms with Crippen molar-refractivity contribution < 1.29 is 23.8 Å². The molecule has 0 bridgehead atoms. The molecule has 6 rings (SSSR count). The first kappa shape index (κ1) is 21.6. The van der Waals surface area contributed by atoms with Crippen molar-refractivity contribution in [3.63, 3.8) is 0 Å². The SMILES string of the molecule is COc1cc([C@H]2C3=C(CN(C(C)=O)C3=O)Nc3cccc4c3c2cn4C(C)C)cc2c1OCCO2. The van der Waals surface area contributed by atoms with Crippen molar-refractivity contribution in [1.82, 2.24) is 9.47 Å². The smallest absolute Gasteiger partial charge is 0.259 e. The van der Waals surface area contributed by atoms with E-state index in [9.17, 15) is 9.59 Å². The van der Waals surface area contributed by atoms with Crippen molar-refractivity contribution >= 4 is 28.4 Å². The lowest BCUT2D eigenvalue weighted by molar-refractivity contribution is -0.139. The van der Waals surface area contributed by atoms with Gasteiger partial charge in [-0.3, -0.25) is 14.5 Å². The van der Waals surface area contributed by atoms with Crippen molar-refractivity contribution in [2.24, 2.45) is 0 Å². The molecule has 8 heteroatoms. The summed E-state index contributed by atoms with van der Waals surface area (Å²) in [7, 11) is 1.59. The van der Waals surface area contributed by atoms with Crippen LogP contribution in [0.3, 0.4) is 0 Å². The largest absolute Gasteiger partial charge is 0.493 e. The number of aromatic nitrogens is 1. The topological polar surface area (TPSA) is 82.0 Å². The number of methoxy groups -OCH3 is 1. The Balaban J connectivity index is 1.65. The molecule has 35 heavy (non-hydrogen) atoms. The zero-order valence-electron chi connectivity index (χ0n) is 20.2. The van der Waals surface area contributed by atoms with Gasteiger partial charge in [-0.05, 0) is 49.2 Å². The Bertz CT molecular complexity index is 1420. The van der Waals surface area contributed by atoms with Gasteiger partial charge in [0.1, 0.15) is 13.2 Å². The second kappa shape index (κ2) is 7.80. The van der Waals surface area contributed by atoms with E-state index < -0.39 is 5.92 Å². The number of rotatable bonds is 3. The van der Waals surface area contributed by atoms with E-state index >= 15 is 0 Å². The molecule has 2 aromatic carbocycles. The summed E-state index contributed by atoms with van der Waals surface area (Å²) < 4.78 is 19.6. The normalized spacial score (nSPS) is 18.6. The number of carbonyl (C=O) groups excluding carboxylic acids is 2. The number of nitrogens with one attached hydrogen (secondary N) is 1. The lowest BCUT2D eigenvalue weighted by atomic mass is 9.84. The van der Waals surface area contributed by atoms with Gasteiger partial charge in [-0.25, -0.2) is 0 Å². The lowest BCUT2D eigenvalue weighted by Gasteiger charge is -2.25. The van der Waals surface area contributed by atoms with Gasteiger partial charge in [-0.1, -0.05) is 6.07 Å². The molecule has 0 fully saturated rings. The minimum absolute atomic E-state index is 0.215. The summed E-state index contributed by atoms with van der Waals surface area (Å²) in [5.41, 5.74) is 5.17. The fourth-order valence-corrected chi connectivity index (χ4v) is 5.47. The van der Waals surface area contributed by atoms with E-state index in [0.717, 1.165) is 33.4 Å². The molecule has 0 unspecified atom stereocenters. The van der Waals surface area contributed by atoms with Crippen LogP contribution < -0.4 is 19.5 Å². The van der Waals surface area contributed by atoms with Gasteiger partial charge in [-0.2, -0.15) is 0 Å². The Labute approximate surface area is 203 Å². The number of ether oxygens (including phenoxy) is 3. The maximum Gasteiger partial charge on any atom is 0.259 e. The van der Waals surface area contributed by atoms with Crippen molar-refractivity contribution in [1.29, 1.82) is 0 Å². The number of hydrogen-bond donors (Lipinski definition) is 1. The third-order valence-corrected chi connectivity index (χ3v) is 7.01. The Hall–Kier alpha value is -3.94. The third-order valence-electron chi connectivity index (χ3n) is 7.01. The number of anilines is 1. The summed E-state index contributed by atoms with van der Waals surface area (Å²) >= 11 is 0. The molecule has 3 aromatic rings. The maximum atomic E-state index is 13.7. The Morgan fingerprint density at radius 2 is 2.00 bits per heavy atom. The molecule has 0 saturated heterocycles. The molecule has 3 aliphatic heterocycles. The molecule has 0 saturated carbocycles. The second-order valence-corrected chi connectivity index (χ2v) is 9.39. The minimum atomic E-state index is -0.426. The first-order valence-corrected chi connectivity index (χ1v) is 11.8. The van der Waals surface area contributed by atoms with Gasteiger partial charge in [0, 0.05) is 41.9 Å². The summed E-state index contributed by atoms with van der Waals surface area (Å²) in [6.45, 7) is 6.80. The quantitative estimate of drug-likeness (QED) is 0.614. The molecular weight excluding hydrogens is 446 g/mol. The Morgan fingerprint density at radius 1 is 1.20 bits per heavy atom. The summed E-state index contributed by atoms with van der Waals surface area (Å²) in [4.78, 5) is 27.3. The number of nitrogens with zero attached hydrogens (tertiary/aromatic N) is 2. The van der Waals surface area contributed by atoms with Crippen LogP contribution in [0.1, 0.15) is 43.9 Å². The van der Waals surface area contributed by atoms with E-state index in [1.165, 1.54) is 11.8 Å². The Kier molecular flexibility index (Phi) is 4.81. The van der Waals surface area contributed by atoms with Crippen molar-refractivity contribution in [3.05, 3.63) is 58.9 Å². The maximum absolute atomic E-state index is 13.7. The van der Waals surface area contributed by atoms with E-state index in [0.29, 0.717) is 36.0 Å². The van der Waals surface area contributed by atoms with Crippen molar-refractivity contribution in [2.45, 2.75) is 32.7 Å². The van der Waals surface area contributed by atoms with Crippen LogP contribution in [-0.2, 0) is 9.59 Å². The molecule has 2 amide bonds. The van der Waals surface area contributed by atoms with E-state index in [4.69, 9.17) is 14.2 Å². The molecule has 3 aliphatic rings. The first-order valence-electron chi connectivity index (χ1n) is 11.8. The van der Waals surface area contributed by atoms with Gasteiger partial charge in [0.2, 0.25) is 11.7 Å². The van der Waals surface area contributed by atoms with Crippen LogP contribution in [0, 0.1) is 0 Å². The average Bonchev–Trinajstić information content (AvgIpc) is 3.34. The highest BCUT2D eigenvalue weighted by Crippen LogP contribution is 2.50. The van der Waals surface area contributed by atoms with Gasteiger partial charge in [-0.15, -0.1) is 0 Å². The number of benzene rings is 2. The van der Waals surface area contributed by atoms with Gasteiger partial charge in [0.05, 0.1) is 24.7 Å². The summed E-state index contributed by atoms with van der Waals surface area (Å²) in [5, 5.41) is 4.57. The van der Waals surface area contributed by atoms with Gasteiger partial charge < -0.3 is 24.1 Å². The molecule has 4 heterocycles. The summed E-state index contributed by atoms with van der Waals surface area (Å²) in [6.07, 6.45) is 2.13. The fraction of sp³-hybridized carbons (Fsp3) is 0.333. The Morgan fingerprint density at radius 3 is 2.74 bits per heavy atom. The molecule has 0 spiro atoms. The molecule has 1 N–H and O–H groups in total. The van der Waals surface area contributed by atoms with Crippen LogP contribution in [0.25, 0.3) is 10.9 Å². The van der Waals surface area contributed by atoms with Crippen LogP contribution in [0.5, 0.6) is 17.2 Å². The van der Waals surface area contributed by atoms with Gasteiger partial charge >= 0.3 is 0 Å². The number of fused-ring (bicyclic) bond motifs is 1. The van der Waals surface area contributed by atoms with Gasteiger partial charge in [0.25, 0.3) is 5.91 Å². The predicted octanol–water partition coefficient (Wildman–Crippen LogP) is 4.20. The van der Waals surface area contributed by atoms with Crippen LogP contribution in [0.4, 0.5) is 5.69 Å². The van der Waals surface area contributed by atoms with Gasteiger partial charge in [0.15, 0.2) is 11.5 Å². The average molecular weight is 474 g/mol. The van der Waals surface area contributed by atoms with Crippen molar-refractivity contribution in [3.8, 4) is 17.2 Å². The molecular formula is C27H27N3O5. The number of hydrogen-bond acceptors (Lipinski definition) is 6. The third kappa shape index (κ3) is 3.12. The number of amides is 2. The van der Waals surface area contributed by atoms with Crippen LogP contribution in [0.2, 0.25) is 0 Å². The molecule has 0 radical (unpaired) electrons. The van der Waals surface area contributed by atoms with E-state index in [2.05, 4.69) is 36.0 Å². The lowest BCUT2D eigenvalue weighted by Crippen LogP contribution is -2.33. The van der Waals surface area contributed by atoms with E-state index in [1.54, 1.807) is 7.11 Å². The zero-order valence-corrected chi connectivity index (χ0v) is 20.2. The van der Waals surface area contributed by atoms with E-state index in [-0.39, 0.29) is 24.4 Å². The molecule has 1 aromatic heterocycles. The zero-order chi connectivity index (χ0) is 24.4. The molecule has 1 atom stereocenters. The molecule has 180 valence electrons. The van der Waals surface area contributed by atoms with Crippen molar-refractivity contribution in [2.75, 3.05) is 32.2 Å². The van der Waals surface area contributed by atoms with Crippen LogP contribution in [-0.4, -0.2) is 48.1 Å². The second-order valence-electron chi connectivity index (χ2n) is 9.39. The predicted molar refractivity (Wildman–Crippen MR) is 131 cm³/mol. The van der Waals surface area contributed by atoms with Crippen LogP contribution in [0.15, 0.2) is 47.8 Å². The highest BCUT2D eigenvalue weighted by Gasteiger charge is 2.42. The highest BCUT2D eigenvalue weighted by molar-refractivity contribution is 6.11. The monoisotopic (exact) mass is 473 g/mol. The summed E-state index contributed by atoms with van der Waals surface area (Å²) in [5.74, 6) is 0.727. The standard InChI is InChI=1S/C27H27N3O5/c1-14(2)29-12-17-23(16-10-21(33-4)26-22(11-16)34-8-9-35-26)25-19(13-30(15(3)31)27(25)32)28-18-6-5-7-20(29)24(17)18/h5-7,10-12,14,23,28H,8-9,13H2,1-4H3/t23-/m1/s1. The molecule has 8 nitrogen and oxygen atoms in total. The minimum Gasteiger partial charge on any atom is -0.493 e.